The van der Waals surface area contributed by atoms with E-state index in [4.69, 9.17) is 5.11 Å². The molecule has 0 rings (SSSR count). The van der Waals surface area contributed by atoms with Gasteiger partial charge in [0.2, 0.25) is 0 Å². The first-order chi connectivity index (χ1) is 5.09. The lowest BCUT2D eigenvalue weighted by atomic mass is 10.0. The van der Waals surface area contributed by atoms with Gasteiger partial charge in [0.15, 0.2) is 0 Å². The average Bonchev–Trinajstić information content (AvgIpc) is 1.87. The summed E-state index contributed by atoms with van der Waals surface area (Å²) in [5.41, 5.74) is 0. The van der Waals surface area contributed by atoms with Gasteiger partial charge in [-0.2, -0.15) is 0 Å². The number of hydrogen-bond donors (Lipinski definition) is 1. The zero-order valence-electron chi connectivity index (χ0n) is 6.39. The maximum atomic E-state index is 11.9. The molecule has 66 valence electrons. The Labute approximate surface area is 64.2 Å². The van der Waals surface area contributed by atoms with Gasteiger partial charge >= 0.3 is 5.97 Å². The van der Waals surface area contributed by atoms with E-state index in [1.54, 1.807) is 0 Å². The van der Waals surface area contributed by atoms with Crippen LogP contribution in [0.1, 0.15) is 26.2 Å². The Hall–Kier alpha value is -0.670. The molecular formula is C7H12F2O2. The average molecular weight is 166 g/mol. The molecule has 0 radical (unpaired) electrons. The standard InChI is InChI=1S/C7H12F2O2/c1-2-3-4-5(6(8)9)7(10)11/h5-6H,2-4H2,1H3,(H,10,11). The molecule has 0 spiro atoms. The molecule has 2 nitrogen and oxygen atoms in total. The first-order valence-electron chi connectivity index (χ1n) is 3.60. The van der Waals surface area contributed by atoms with Crippen molar-refractivity contribution in [1.29, 1.82) is 0 Å². The summed E-state index contributed by atoms with van der Waals surface area (Å²) in [5.74, 6) is -2.87. The summed E-state index contributed by atoms with van der Waals surface area (Å²) in [4.78, 5) is 10.2. The molecule has 0 aromatic carbocycles. The number of carboxylic acids is 1. The van der Waals surface area contributed by atoms with E-state index in [1.807, 2.05) is 6.92 Å². The fraction of sp³-hybridized carbons (Fsp3) is 0.857. The van der Waals surface area contributed by atoms with Crippen LogP contribution < -0.4 is 0 Å². The van der Waals surface area contributed by atoms with Crippen LogP contribution in [0.25, 0.3) is 0 Å². The molecular weight excluding hydrogens is 154 g/mol. The largest absolute Gasteiger partial charge is 0.481 e. The maximum Gasteiger partial charge on any atom is 0.312 e. The third-order valence-corrected chi connectivity index (χ3v) is 1.49. The van der Waals surface area contributed by atoms with Crippen molar-refractivity contribution in [2.24, 2.45) is 5.92 Å². The van der Waals surface area contributed by atoms with Gasteiger partial charge in [0, 0.05) is 0 Å². The summed E-state index contributed by atoms with van der Waals surface area (Å²) in [6.45, 7) is 1.84. The molecule has 11 heavy (non-hydrogen) atoms. The van der Waals surface area contributed by atoms with Crippen LogP contribution in [0.4, 0.5) is 8.78 Å². The number of unbranched alkanes of at least 4 members (excludes halogenated alkanes) is 1. The molecule has 1 atom stereocenters. The van der Waals surface area contributed by atoms with Gasteiger partial charge in [0.25, 0.3) is 6.43 Å². The van der Waals surface area contributed by atoms with Crippen LogP contribution in [0.5, 0.6) is 0 Å². The Bertz CT molecular complexity index is 126. The topological polar surface area (TPSA) is 37.3 Å². The van der Waals surface area contributed by atoms with Crippen molar-refractivity contribution >= 4 is 5.97 Å². The number of carbonyl (C=O) groups is 1. The molecule has 0 aliphatic heterocycles. The van der Waals surface area contributed by atoms with Crippen LogP contribution in [-0.4, -0.2) is 17.5 Å². The van der Waals surface area contributed by atoms with Gasteiger partial charge in [-0.1, -0.05) is 19.8 Å². The van der Waals surface area contributed by atoms with Crippen LogP contribution in [0.2, 0.25) is 0 Å². The van der Waals surface area contributed by atoms with Gasteiger partial charge in [0.05, 0.1) is 0 Å². The Balaban J connectivity index is 3.80. The molecule has 1 unspecified atom stereocenters. The summed E-state index contributed by atoms with van der Waals surface area (Å²) >= 11 is 0. The fourth-order valence-corrected chi connectivity index (χ4v) is 0.781. The van der Waals surface area contributed by atoms with Crippen LogP contribution in [-0.2, 0) is 4.79 Å². The van der Waals surface area contributed by atoms with E-state index in [9.17, 15) is 13.6 Å². The fourth-order valence-electron chi connectivity index (χ4n) is 0.781. The van der Waals surface area contributed by atoms with E-state index in [0.29, 0.717) is 6.42 Å². The molecule has 0 heterocycles. The molecule has 0 bridgehead atoms. The molecule has 0 amide bonds. The molecule has 0 aromatic rings. The van der Waals surface area contributed by atoms with Crippen LogP contribution in [0.15, 0.2) is 0 Å². The molecule has 0 saturated heterocycles. The number of carboxylic acid groups (broad SMARTS) is 1. The van der Waals surface area contributed by atoms with Crippen molar-refractivity contribution in [3.05, 3.63) is 0 Å². The Morgan fingerprint density at radius 2 is 2.09 bits per heavy atom. The van der Waals surface area contributed by atoms with Gasteiger partial charge in [-0.25, -0.2) is 8.78 Å². The summed E-state index contributed by atoms with van der Waals surface area (Å²) < 4.78 is 23.8. The molecule has 0 saturated carbocycles. The van der Waals surface area contributed by atoms with Crippen molar-refractivity contribution in [3.8, 4) is 0 Å². The zero-order valence-corrected chi connectivity index (χ0v) is 6.39. The highest BCUT2D eigenvalue weighted by Crippen LogP contribution is 2.16. The van der Waals surface area contributed by atoms with Gasteiger partial charge in [-0.15, -0.1) is 0 Å². The van der Waals surface area contributed by atoms with Gasteiger partial charge in [0.1, 0.15) is 5.92 Å². The summed E-state index contributed by atoms with van der Waals surface area (Å²) in [7, 11) is 0. The maximum absolute atomic E-state index is 11.9. The molecule has 0 fully saturated rings. The smallest absolute Gasteiger partial charge is 0.312 e. The zero-order chi connectivity index (χ0) is 8.85. The Kier molecular flexibility index (Phi) is 4.74. The van der Waals surface area contributed by atoms with Crippen molar-refractivity contribution < 1.29 is 18.7 Å². The summed E-state index contributed by atoms with van der Waals surface area (Å²) in [6.07, 6.45) is -1.37. The van der Waals surface area contributed by atoms with Gasteiger partial charge in [-0.3, -0.25) is 4.79 Å². The molecule has 0 aromatic heterocycles. The van der Waals surface area contributed by atoms with Crippen LogP contribution in [0.3, 0.4) is 0 Å². The number of alkyl halides is 2. The lowest BCUT2D eigenvalue weighted by molar-refractivity contribution is -0.147. The third kappa shape index (κ3) is 3.91. The van der Waals surface area contributed by atoms with Crippen molar-refractivity contribution in [2.75, 3.05) is 0 Å². The minimum Gasteiger partial charge on any atom is -0.481 e. The molecule has 0 aliphatic rings. The second-order valence-electron chi connectivity index (χ2n) is 2.42. The van der Waals surface area contributed by atoms with Gasteiger partial charge in [-0.05, 0) is 6.42 Å². The number of aliphatic carboxylic acids is 1. The van der Waals surface area contributed by atoms with E-state index in [2.05, 4.69) is 0 Å². The summed E-state index contributed by atoms with van der Waals surface area (Å²) in [6, 6.07) is 0. The summed E-state index contributed by atoms with van der Waals surface area (Å²) in [5, 5.41) is 8.29. The number of rotatable bonds is 5. The normalized spacial score (nSPS) is 13.5. The highest BCUT2D eigenvalue weighted by Gasteiger charge is 2.26. The van der Waals surface area contributed by atoms with E-state index in [-0.39, 0.29) is 6.42 Å². The monoisotopic (exact) mass is 166 g/mol. The minimum atomic E-state index is -2.74. The van der Waals surface area contributed by atoms with Crippen LogP contribution in [0, 0.1) is 5.92 Å². The predicted molar refractivity (Wildman–Crippen MR) is 36.7 cm³/mol. The second-order valence-corrected chi connectivity index (χ2v) is 2.42. The van der Waals surface area contributed by atoms with Crippen molar-refractivity contribution in [3.63, 3.8) is 0 Å². The van der Waals surface area contributed by atoms with E-state index >= 15 is 0 Å². The predicted octanol–water partition coefficient (Wildman–Crippen LogP) is 2.14. The van der Waals surface area contributed by atoms with Crippen LogP contribution >= 0.6 is 0 Å². The highest BCUT2D eigenvalue weighted by molar-refractivity contribution is 5.70. The lowest BCUT2D eigenvalue weighted by Gasteiger charge is -2.09. The van der Waals surface area contributed by atoms with Crippen molar-refractivity contribution in [2.45, 2.75) is 32.6 Å². The number of hydrogen-bond acceptors (Lipinski definition) is 1. The van der Waals surface area contributed by atoms with E-state index in [1.165, 1.54) is 0 Å². The van der Waals surface area contributed by atoms with Gasteiger partial charge < -0.3 is 5.11 Å². The first kappa shape index (κ1) is 10.3. The first-order valence-corrected chi connectivity index (χ1v) is 3.60. The second kappa shape index (κ2) is 5.04. The SMILES string of the molecule is CCCCC(C(=O)O)C(F)F. The quantitative estimate of drug-likeness (QED) is 0.679. The third-order valence-electron chi connectivity index (χ3n) is 1.49. The molecule has 1 N–H and O–H groups in total. The van der Waals surface area contributed by atoms with E-state index < -0.39 is 18.3 Å². The van der Waals surface area contributed by atoms with Crippen molar-refractivity contribution in [1.82, 2.24) is 0 Å². The van der Waals surface area contributed by atoms with E-state index in [0.717, 1.165) is 6.42 Å². The molecule has 0 aliphatic carbocycles. The Morgan fingerprint density at radius 3 is 2.36 bits per heavy atom. The Morgan fingerprint density at radius 1 is 1.55 bits per heavy atom. The lowest BCUT2D eigenvalue weighted by Crippen LogP contribution is -2.21. The molecule has 4 heteroatoms. The highest BCUT2D eigenvalue weighted by atomic mass is 19.3. The number of halogens is 2. The minimum absolute atomic E-state index is 0.0729.